The van der Waals surface area contributed by atoms with E-state index in [4.69, 9.17) is 4.74 Å². The Morgan fingerprint density at radius 3 is 2.41 bits per heavy atom. The fraction of sp³-hybridized carbons (Fsp3) is 0.318. The van der Waals surface area contributed by atoms with Crippen LogP contribution in [0.2, 0.25) is 0 Å². The Balaban J connectivity index is 1.76. The Labute approximate surface area is 183 Å². The zero-order valence-corrected chi connectivity index (χ0v) is 17.8. The molecule has 10 heteroatoms. The minimum absolute atomic E-state index is 0.0276. The van der Waals surface area contributed by atoms with E-state index >= 15 is 0 Å². The SMILES string of the molecule is CCN(C(=O)c1ccc(F)cc1-c1ncccn1)[C@@H](C)COc1ncc(C(C)(F)F)cn1. The number of likely N-dealkylation sites (N-methyl/N-ethyl adjacent to an activating group) is 1. The van der Waals surface area contributed by atoms with Crippen LogP contribution >= 0.6 is 0 Å². The Kier molecular flexibility index (Phi) is 7.01. The van der Waals surface area contributed by atoms with E-state index < -0.39 is 17.8 Å². The van der Waals surface area contributed by atoms with Gasteiger partial charge in [-0.15, -0.1) is 0 Å². The highest BCUT2D eigenvalue weighted by molar-refractivity contribution is 6.00. The third kappa shape index (κ3) is 5.37. The van der Waals surface area contributed by atoms with E-state index in [0.29, 0.717) is 6.54 Å². The molecule has 0 aliphatic heterocycles. The standard InChI is InChI=1S/C22H22F3N5O2/c1-4-30(14(2)13-32-21-28-11-15(12-29-21)22(3,24)25)20(31)17-7-6-16(23)10-18(17)19-26-8-5-9-27-19/h5-12,14H,4,13H2,1-3H3/t14-/m0/s1. The van der Waals surface area contributed by atoms with Crippen molar-refractivity contribution in [3.05, 3.63) is 66.0 Å². The van der Waals surface area contributed by atoms with Crippen LogP contribution < -0.4 is 4.74 Å². The zero-order valence-electron chi connectivity index (χ0n) is 17.8. The first-order valence-electron chi connectivity index (χ1n) is 9.91. The fourth-order valence-corrected chi connectivity index (χ4v) is 3.04. The van der Waals surface area contributed by atoms with Crippen molar-refractivity contribution in [3.8, 4) is 17.4 Å². The molecule has 1 aromatic carbocycles. The van der Waals surface area contributed by atoms with Crippen LogP contribution in [0, 0.1) is 5.82 Å². The summed E-state index contributed by atoms with van der Waals surface area (Å²) in [5.74, 6) is -3.68. The van der Waals surface area contributed by atoms with Crippen LogP contribution in [0.25, 0.3) is 11.4 Å². The molecule has 1 amide bonds. The van der Waals surface area contributed by atoms with E-state index in [9.17, 15) is 18.0 Å². The highest BCUT2D eigenvalue weighted by Crippen LogP contribution is 2.26. The molecule has 0 bridgehead atoms. The van der Waals surface area contributed by atoms with Crippen molar-refractivity contribution in [3.63, 3.8) is 0 Å². The number of aromatic nitrogens is 4. The van der Waals surface area contributed by atoms with E-state index in [0.717, 1.165) is 19.3 Å². The summed E-state index contributed by atoms with van der Waals surface area (Å²) in [6, 6.07) is 4.95. The predicted molar refractivity (Wildman–Crippen MR) is 111 cm³/mol. The second-order valence-electron chi connectivity index (χ2n) is 7.16. The molecule has 0 unspecified atom stereocenters. The summed E-state index contributed by atoms with van der Waals surface area (Å²) >= 11 is 0. The summed E-state index contributed by atoms with van der Waals surface area (Å²) in [5, 5.41) is 0. The fourth-order valence-electron chi connectivity index (χ4n) is 3.04. The van der Waals surface area contributed by atoms with Crippen molar-refractivity contribution >= 4 is 5.91 Å². The van der Waals surface area contributed by atoms with E-state index in [1.54, 1.807) is 19.9 Å². The quantitative estimate of drug-likeness (QED) is 0.519. The third-order valence-electron chi connectivity index (χ3n) is 4.74. The van der Waals surface area contributed by atoms with Crippen molar-refractivity contribution in [2.75, 3.05) is 13.2 Å². The number of carbonyl (C=O) groups is 1. The summed E-state index contributed by atoms with van der Waals surface area (Å²) in [4.78, 5) is 30.6. The second-order valence-corrected chi connectivity index (χ2v) is 7.16. The molecule has 0 fully saturated rings. The molecule has 32 heavy (non-hydrogen) atoms. The molecule has 2 heterocycles. The molecule has 3 rings (SSSR count). The van der Waals surface area contributed by atoms with Gasteiger partial charge in [0, 0.05) is 43.8 Å². The van der Waals surface area contributed by atoms with Gasteiger partial charge in [0.05, 0.1) is 17.2 Å². The predicted octanol–water partition coefficient (Wildman–Crippen LogP) is 4.11. The summed E-state index contributed by atoms with van der Waals surface area (Å²) < 4.78 is 45.9. The molecule has 0 spiro atoms. The van der Waals surface area contributed by atoms with Gasteiger partial charge in [-0.3, -0.25) is 4.79 Å². The Morgan fingerprint density at radius 2 is 1.81 bits per heavy atom. The van der Waals surface area contributed by atoms with Gasteiger partial charge in [0.1, 0.15) is 12.4 Å². The van der Waals surface area contributed by atoms with E-state index in [-0.39, 0.29) is 41.0 Å². The molecular weight excluding hydrogens is 423 g/mol. The zero-order chi connectivity index (χ0) is 23.3. The van der Waals surface area contributed by atoms with E-state index in [1.165, 1.54) is 35.5 Å². The van der Waals surface area contributed by atoms with Gasteiger partial charge in [-0.2, -0.15) is 0 Å². The highest BCUT2D eigenvalue weighted by atomic mass is 19.3. The lowest BCUT2D eigenvalue weighted by Crippen LogP contribution is -2.42. The average Bonchev–Trinajstić information content (AvgIpc) is 2.78. The maximum Gasteiger partial charge on any atom is 0.316 e. The molecule has 0 aliphatic rings. The first-order valence-corrected chi connectivity index (χ1v) is 9.91. The Hall–Kier alpha value is -3.56. The van der Waals surface area contributed by atoms with Gasteiger partial charge in [0.25, 0.3) is 11.8 Å². The number of hydrogen-bond acceptors (Lipinski definition) is 6. The maximum atomic E-state index is 13.9. The Morgan fingerprint density at radius 1 is 1.16 bits per heavy atom. The van der Waals surface area contributed by atoms with Gasteiger partial charge >= 0.3 is 6.01 Å². The van der Waals surface area contributed by atoms with Crippen LogP contribution in [0.3, 0.4) is 0 Å². The number of benzene rings is 1. The normalized spacial score (nSPS) is 12.3. The summed E-state index contributed by atoms with van der Waals surface area (Å²) in [6.45, 7) is 4.68. The molecule has 0 N–H and O–H groups in total. The van der Waals surface area contributed by atoms with Crippen LogP contribution in [0.4, 0.5) is 13.2 Å². The van der Waals surface area contributed by atoms with Crippen molar-refractivity contribution in [2.24, 2.45) is 0 Å². The average molecular weight is 445 g/mol. The first kappa shape index (κ1) is 23.1. The number of halogens is 3. The minimum Gasteiger partial charge on any atom is -0.461 e. The highest BCUT2D eigenvalue weighted by Gasteiger charge is 2.26. The van der Waals surface area contributed by atoms with Crippen molar-refractivity contribution in [1.82, 2.24) is 24.8 Å². The first-order chi connectivity index (χ1) is 15.2. The van der Waals surface area contributed by atoms with E-state index in [2.05, 4.69) is 19.9 Å². The van der Waals surface area contributed by atoms with Gasteiger partial charge in [-0.25, -0.2) is 33.1 Å². The van der Waals surface area contributed by atoms with Gasteiger partial charge in [-0.1, -0.05) is 0 Å². The monoisotopic (exact) mass is 445 g/mol. The number of hydrogen-bond donors (Lipinski definition) is 0. The van der Waals surface area contributed by atoms with Crippen molar-refractivity contribution < 1.29 is 22.7 Å². The molecule has 0 aliphatic carbocycles. The van der Waals surface area contributed by atoms with E-state index in [1.807, 2.05) is 0 Å². The van der Waals surface area contributed by atoms with Gasteiger partial charge in [-0.05, 0) is 38.1 Å². The Bertz CT molecular complexity index is 1060. The number of amides is 1. The smallest absolute Gasteiger partial charge is 0.316 e. The minimum atomic E-state index is -3.05. The largest absolute Gasteiger partial charge is 0.461 e. The van der Waals surface area contributed by atoms with Crippen molar-refractivity contribution in [1.29, 1.82) is 0 Å². The van der Waals surface area contributed by atoms with Crippen LogP contribution in [0.5, 0.6) is 6.01 Å². The lowest BCUT2D eigenvalue weighted by molar-refractivity contribution is 0.0165. The maximum absolute atomic E-state index is 13.9. The molecule has 7 nitrogen and oxygen atoms in total. The van der Waals surface area contributed by atoms with Crippen LogP contribution in [-0.4, -0.2) is 49.9 Å². The topological polar surface area (TPSA) is 81.1 Å². The molecule has 2 aromatic heterocycles. The second kappa shape index (κ2) is 9.71. The van der Waals surface area contributed by atoms with Gasteiger partial charge in [0.15, 0.2) is 5.82 Å². The molecule has 1 atom stereocenters. The van der Waals surface area contributed by atoms with Crippen LogP contribution in [0.1, 0.15) is 36.7 Å². The summed E-state index contributed by atoms with van der Waals surface area (Å²) in [7, 11) is 0. The molecular formula is C22H22F3N5O2. The number of carbonyl (C=O) groups excluding carboxylic acids is 1. The number of alkyl halides is 2. The number of rotatable bonds is 8. The van der Waals surface area contributed by atoms with Crippen LogP contribution in [0.15, 0.2) is 49.1 Å². The third-order valence-corrected chi connectivity index (χ3v) is 4.74. The van der Waals surface area contributed by atoms with Gasteiger partial charge in [0.2, 0.25) is 0 Å². The molecule has 0 radical (unpaired) electrons. The molecule has 168 valence electrons. The molecule has 0 saturated heterocycles. The van der Waals surface area contributed by atoms with Gasteiger partial charge < -0.3 is 9.64 Å². The number of nitrogens with zero attached hydrogens (tertiary/aromatic N) is 5. The van der Waals surface area contributed by atoms with Crippen LogP contribution in [-0.2, 0) is 5.92 Å². The molecule has 3 aromatic rings. The lowest BCUT2D eigenvalue weighted by Gasteiger charge is -2.28. The lowest BCUT2D eigenvalue weighted by atomic mass is 10.0. The summed E-state index contributed by atoms with van der Waals surface area (Å²) in [6.07, 6.45) is 5.02. The number of ether oxygens (including phenoxy) is 1. The summed E-state index contributed by atoms with van der Waals surface area (Å²) in [5.41, 5.74) is 0.203. The molecule has 0 saturated carbocycles. The van der Waals surface area contributed by atoms with Crippen molar-refractivity contribution in [2.45, 2.75) is 32.7 Å².